The minimum atomic E-state index is 0. The van der Waals surface area contributed by atoms with Crippen LogP contribution in [0.15, 0.2) is 23.2 Å². The second-order valence-corrected chi connectivity index (χ2v) is 9.07. The number of hydrogen-bond donors (Lipinski definition) is 2. The van der Waals surface area contributed by atoms with E-state index in [1.54, 1.807) is 14.2 Å². The molecule has 8 heteroatoms. The van der Waals surface area contributed by atoms with E-state index in [2.05, 4.69) is 67.4 Å². The van der Waals surface area contributed by atoms with Crippen molar-refractivity contribution < 1.29 is 9.47 Å². The average Bonchev–Trinajstić information content (AvgIpc) is 2.71. The van der Waals surface area contributed by atoms with Crippen LogP contribution in [0.2, 0.25) is 0 Å². The first-order valence-corrected chi connectivity index (χ1v) is 10.9. The van der Waals surface area contributed by atoms with Crippen molar-refractivity contribution >= 4 is 35.6 Å². The zero-order valence-corrected chi connectivity index (χ0v) is 22.7. The van der Waals surface area contributed by atoms with Crippen molar-refractivity contribution in [3.05, 3.63) is 18.2 Å². The maximum absolute atomic E-state index is 5.42. The molecule has 1 aromatic rings. The van der Waals surface area contributed by atoms with Crippen LogP contribution in [0.25, 0.3) is 0 Å². The molecule has 7 nitrogen and oxygen atoms in total. The number of methoxy groups -OCH3 is 2. The minimum Gasteiger partial charge on any atom is -0.497 e. The van der Waals surface area contributed by atoms with E-state index in [0.29, 0.717) is 6.04 Å². The summed E-state index contributed by atoms with van der Waals surface area (Å²) in [5, 5.41) is 7.06. The van der Waals surface area contributed by atoms with E-state index in [4.69, 9.17) is 14.5 Å². The molecule has 0 aromatic heterocycles. The molecule has 31 heavy (non-hydrogen) atoms. The predicted molar refractivity (Wildman–Crippen MR) is 142 cm³/mol. The Balaban J connectivity index is 0.00000480. The highest BCUT2D eigenvalue weighted by atomic mass is 127. The Kier molecular flexibility index (Phi) is 11.8. The molecular formula is C23H42IN5O2. The van der Waals surface area contributed by atoms with Crippen LogP contribution in [0.4, 0.5) is 5.69 Å². The first-order chi connectivity index (χ1) is 14.3. The van der Waals surface area contributed by atoms with Gasteiger partial charge in [0.25, 0.3) is 0 Å². The van der Waals surface area contributed by atoms with Crippen LogP contribution < -0.4 is 25.0 Å². The molecule has 1 saturated heterocycles. The molecule has 0 saturated carbocycles. The van der Waals surface area contributed by atoms with Gasteiger partial charge in [-0.1, -0.05) is 13.8 Å². The third-order valence-electron chi connectivity index (χ3n) is 5.29. The number of guanidine groups is 1. The highest BCUT2D eigenvalue weighted by Crippen LogP contribution is 2.30. The highest BCUT2D eigenvalue weighted by Gasteiger charge is 2.22. The molecule has 0 radical (unpaired) electrons. The molecule has 0 amide bonds. The average molecular weight is 548 g/mol. The molecule has 2 rings (SSSR count). The molecule has 0 aliphatic carbocycles. The van der Waals surface area contributed by atoms with Gasteiger partial charge in [0, 0.05) is 62.7 Å². The summed E-state index contributed by atoms with van der Waals surface area (Å²) in [7, 11) is 7.60. The van der Waals surface area contributed by atoms with E-state index in [1.165, 1.54) is 0 Å². The lowest BCUT2D eigenvalue weighted by molar-refractivity contribution is 0.248. The number of hydrogen-bond acceptors (Lipinski definition) is 5. The molecular weight excluding hydrogens is 505 g/mol. The topological polar surface area (TPSA) is 61.4 Å². The van der Waals surface area contributed by atoms with E-state index in [-0.39, 0.29) is 29.4 Å². The van der Waals surface area contributed by atoms with Crippen LogP contribution in [0.5, 0.6) is 11.5 Å². The number of anilines is 1. The standard InChI is InChI=1S/C23H41N5O2.HI/c1-8-24-22(25-16-23(2,3)17-27(4)5)26-18-9-11-28(12-10-18)19-13-20(29-6)15-21(14-19)30-7;/h13-15,18H,8-12,16-17H2,1-7H3,(H2,24,25,26);1H. The number of piperidine rings is 1. The van der Waals surface area contributed by atoms with Crippen molar-refractivity contribution in [1.82, 2.24) is 15.5 Å². The zero-order valence-electron chi connectivity index (χ0n) is 20.3. The second-order valence-electron chi connectivity index (χ2n) is 9.07. The van der Waals surface area contributed by atoms with E-state index in [0.717, 1.165) is 68.7 Å². The summed E-state index contributed by atoms with van der Waals surface area (Å²) in [5.41, 5.74) is 1.29. The Morgan fingerprint density at radius 3 is 2.19 bits per heavy atom. The monoisotopic (exact) mass is 547 g/mol. The fraction of sp³-hybridized carbons (Fsp3) is 0.696. The van der Waals surface area contributed by atoms with Gasteiger partial charge in [-0.2, -0.15) is 0 Å². The van der Waals surface area contributed by atoms with Crippen molar-refractivity contribution in [3.63, 3.8) is 0 Å². The highest BCUT2D eigenvalue weighted by molar-refractivity contribution is 14.0. The maximum Gasteiger partial charge on any atom is 0.191 e. The first kappa shape index (κ1) is 27.6. The maximum atomic E-state index is 5.42. The van der Waals surface area contributed by atoms with Crippen molar-refractivity contribution in [1.29, 1.82) is 0 Å². The van der Waals surface area contributed by atoms with Gasteiger partial charge in [-0.25, -0.2) is 0 Å². The Bertz CT molecular complexity index is 666. The number of rotatable bonds is 9. The van der Waals surface area contributed by atoms with Crippen molar-refractivity contribution in [2.24, 2.45) is 10.4 Å². The summed E-state index contributed by atoms with van der Waals surface area (Å²) < 4.78 is 10.8. The molecule has 1 heterocycles. The van der Waals surface area contributed by atoms with Gasteiger partial charge in [0.05, 0.1) is 14.2 Å². The first-order valence-electron chi connectivity index (χ1n) is 10.9. The third kappa shape index (κ3) is 9.31. The molecule has 0 bridgehead atoms. The van der Waals surface area contributed by atoms with Crippen LogP contribution in [-0.4, -0.2) is 77.9 Å². The Morgan fingerprint density at radius 1 is 1.13 bits per heavy atom. The zero-order chi connectivity index (χ0) is 22.1. The van der Waals surface area contributed by atoms with Gasteiger partial charge < -0.3 is 29.9 Å². The van der Waals surface area contributed by atoms with Gasteiger partial charge in [0.2, 0.25) is 0 Å². The van der Waals surface area contributed by atoms with E-state index in [9.17, 15) is 0 Å². The molecule has 0 unspecified atom stereocenters. The number of ether oxygens (including phenoxy) is 2. The molecule has 2 N–H and O–H groups in total. The van der Waals surface area contributed by atoms with E-state index >= 15 is 0 Å². The summed E-state index contributed by atoms with van der Waals surface area (Å²) in [6.45, 7) is 11.3. The Labute approximate surface area is 206 Å². The minimum absolute atomic E-state index is 0. The molecule has 0 spiro atoms. The summed E-state index contributed by atoms with van der Waals surface area (Å²) in [6, 6.07) is 6.49. The number of halogens is 1. The van der Waals surface area contributed by atoms with Gasteiger partial charge in [0.15, 0.2) is 5.96 Å². The number of aliphatic imine (C=N–C) groups is 1. The fourth-order valence-electron chi connectivity index (χ4n) is 3.97. The smallest absolute Gasteiger partial charge is 0.191 e. The van der Waals surface area contributed by atoms with Crippen LogP contribution in [0.3, 0.4) is 0 Å². The molecule has 1 fully saturated rings. The van der Waals surface area contributed by atoms with Gasteiger partial charge in [-0.3, -0.25) is 4.99 Å². The number of nitrogens with one attached hydrogen (secondary N) is 2. The van der Waals surface area contributed by atoms with Gasteiger partial charge in [-0.05, 0) is 39.3 Å². The van der Waals surface area contributed by atoms with Crippen LogP contribution in [0.1, 0.15) is 33.6 Å². The van der Waals surface area contributed by atoms with Crippen LogP contribution in [-0.2, 0) is 0 Å². The SMILES string of the molecule is CCNC(=NCC(C)(C)CN(C)C)NC1CCN(c2cc(OC)cc(OC)c2)CC1.I. The van der Waals surface area contributed by atoms with Gasteiger partial charge in [0.1, 0.15) is 11.5 Å². The number of nitrogens with zero attached hydrogens (tertiary/aromatic N) is 3. The molecule has 0 atom stereocenters. The van der Waals surface area contributed by atoms with E-state index < -0.39 is 0 Å². The predicted octanol–water partition coefficient (Wildman–Crippen LogP) is 3.43. The summed E-state index contributed by atoms with van der Waals surface area (Å²) >= 11 is 0. The van der Waals surface area contributed by atoms with E-state index in [1.807, 2.05) is 6.07 Å². The van der Waals surface area contributed by atoms with Crippen molar-refractivity contribution in [2.75, 3.05) is 65.9 Å². The molecule has 178 valence electrons. The van der Waals surface area contributed by atoms with Crippen molar-refractivity contribution in [3.8, 4) is 11.5 Å². The normalized spacial score (nSPS) is 15.5. The lowest BCUT2D eigenvalue weighted by atomic mass is 9.93. The summed E-state index contributed by atoms with van der Waals surface area (Å²) in [4.78, 5) is 9.49. The Morgan fingerprint density at radius 2 is 1.71 bits per heavy atom. The molecule has 1 aliphatic heterocycles. The Hall–Kier alpha value is -1.42. The lowest BCUT2D eigenvalue weighted by Crippen LogP contribution is -2.49. The summed E-state index contributed by atoms with van der Waals surface area (Å²) in [5.74, 6) is 2.57. The quantitative estimate of drug-likeness (QED) is 0.281. The largest absolute Gasteiger partial charge is 0.497 e. The second kappa shape index (κ2) is 13.2. The molecule has 1 aromatic carbocycles. The molecule has 1 aliphatic rings. The summed E-state index contributed by atoms with van der Waals surface area (Å²) in [6.07, 6.45) is 2.12. The number of benzene rings is 1. The van der Waals surface area contributed by atoms with Crippen LogP contribution >= 0.6 is 24.0 Å². The third-order valence-corrected chi connectivity index (χ3v) is 5.29. The van der Waals surface area contributed by atoms with Crippen LogP contribution in [0, 0.1) is 5.41 Å². The fourth-order valence-corrected chi connectivity index (χ4v) is 3.97. The van der Waals surface area contributed by atoms with Gasteiger partial charge in [-0.15, -0.1) is 24.0 Å². The van der Waals surface area contributed by atoms with Crippen molar-refractivity contribution in [2.45, 2.75) is 39.7 Å². The van der Waals surface area contributed by atoms with Gasteiger partial charge >= 0.3 is 0 Å². The lowest BCUT2D eigenvalue weighted by Gasteiger charge is -2.35.